The maximum atomic E-state index is 10.8. The second kappa shape index (κ2) is 3.72. The summed E-state index contributed by atoms with van der Waals surface area (Å²) in [6.45, 7) is 5.29. The number of hydrogen-bond donors (Lipinski definition) is 0. The highest BCUT2D eigenvalue weighted by Gasteiger charge is 2.15. The van der Waals surface area contributed by atoms with Gasteiger partial charge in [0.15, 0.2) is 0 Å². The van der Waals surface area contributed by atoms with Gasteiger partial charge >= 0.3 is 5.97 Å². The highest BCUT2D eigenvalue weighted by atomic mass is 31.1. The fraction of sp³-hybridized carbons (Fsp3) is 0.714. The van der Waals surface area contributed by atoms with E-state index in [2.05, 4.69) is 6.30 Å². The van der Waals surface area contributed by atoms with Gasteiger partial charge in [0, 0.05) is 0 Å². The first-order valence-electron chi connectivity index (χ1n) is 3.28. The molecule has 0 aliphatic rings. The van der Waals surface area contributed by atoms with E-state index in [9.17, 15) is 9.36 Å². The molecule has 4 heteroatoms. The van der Waals surface area contributed by atoms with Crippen LogP contribution in [0, 0.1) is 0 Å². The molecule has 0 spiro atoms. The maximum Gasteiger partial charge on any atom is 0.317 e. The average molecular weight is 176 g/mol. The Labute approximate surface area is 67.2 Å². The summed E-state index contributed by atoms with van der Waals surface area (Å²) in [6, 6.07) is 0. The number of hydrogen-bond acceptors (Lipinski definition) is 3. The monoisotopic (exact) mass is 176 g/mol. The summed E-state index contributed by atoms with van der Waals surface area (Å²) < 4.78 is 15.4. The van der Waals surface area contributed by atoms with E-state index in [0.29, 0.717) is 0 Å². The second-order valence-corrected chi connectivity index (χ2v) is 4.51. The molecule has 0 bridgehead atoms. The fourth-order valence-corrected chi connectivity index (χ4v) is 0.870. The van der Waals surface area contributed by atoms with Crippen molar-refractivity contribution in [2.45, 2.75) is 26.4 Å². The molecule has 1 atom stereocenters. The van der Waals surface area contributed by atoms with Crippen molar-refractivity contribution in [3.8, 4) is 0 Å². The molecule has 1 unspecified atom stereocenters. The Bertz CT molecular complexity index is 202. The first-order valence-corrected chi connectivity index (χ1v) is 4.91. The molecule has 0 aliphatic carbocycles. The molecule has 0 amide bonds. The van der Waals surface area contributed by atoms with E-state index in [0.717, 1.165) is 0 Å². The lowest BCUT2D eigenvalue weighted by Crippen LogP contribution is -2.24. The summed E-state index contributed by atoms with van der Waals surface area (Å²) in [4.78, 5) is 10.8. The van der Waals surface area contributed by atoms with Crippen LogP contribution in [0.3, 0.4) is 0 Å². The van der Waals surface area contributed by atoms with Gasteiger partial charge in [0.2, 0.25) is 0 Å². The number of carbonyl (C=O) groups excluding carboxylic acids is 1. The first kappa shape index (κ1) is 10.4. The van der Waals surface area contributed by atoms with Crippen LogP contribution in [-0.2, 0) is 14.1 Å². The number of ether oxygens (including phenoxy) is 1. The van der Waals surface area contributed by atoms with E-state index in [1.165, 1.54) is 0 Å². The zero-order valence-electron chi connectivity index (χ0n) is 7.09. The quantitative estimate of drug-likeness (QED) is 0.474. The third-order valence-electron chi connectivity index (χ3n) is 0.725. The lowest BCUT2D eigenvalue weighted by Gasteiger charge is -2.18. The number of esters is 1. The van der Waals surface area contributed by atoms with E-state index in [1.54, 1.807) is 20.8 Å². The molecule has 0 fully saturated rings. The van der Waals surface area contributed by atoms with Crippen LogP contribution in [0.15, 0.2) is 0 Å². The van der Waals surface area contributed by atoms with Crippen molar-refractivity contribution >= 4 is 19.7 Å². The van der Waals surface area contributed by atoms with Gasteiger partial charge < -0.3 is 4.74 Å². The number of rotatable bonds is 2. The van der Waals surface area contributed by atoms with Crippen LogP contribution in [0.1, 0.15) is 20.8 Å². The smallest absolute Gasteiger partial charge is 0.317 e. The van der Waals surface area contributed by atoms with Gasteiger partial charge in [0.1, 0.15) is 19.2 Å². The molecule has 0 saturated heterocycles. The average Bonchev–Trinajstić information content (AvgIpc) is 1.53. The molecular weight excluding hydrogens is 163 g/mol. The lowest BCUT2D eigenvalue weighted by molar-refractivity contribution is -0.151. The Morgan fingerprint density at radius 1 is 1.55 bits per heavy atom. The first-order chi connectivity index (χ1) is 4.81. The molecule has 0 aliphatic heterocycles. The Morgan fingerprint density at radius 2 is 2.00 bits per heavy atom. The Balaban J connectivity index is 3.90. The highest BCUT2D eigenvalue weighted by Crippen LogP contribution is 2.10. The highest BCUT2D eigenvalue weighted by molar-refractivity contribution is 7.44. The summed E-state index contributed by atoms with van der Waals surface area (Å²) in [5.41, 5.74) is -0.498. The van der Waals surface area contributed by atoms with Gasteiger partial charge in [-0.2, -0.15) is 0 Å². The third kappa shape index (κ3) is 7.34. The predicted molar refractivity (Wildman–Crippen MR) is 45.4 cm³/mol. The van der Waals surface area contributed by atoms with Crippen molar-refractivity contribution in [1.82, 2.24) is 0 Å². The van der Waals surface area contributed by atoms with Gasteiger partial charge in [0.05, 0.1) is 0 Å². The Hall–Kier alpha value is -0.560. The SMILES string of the molecule is C=P(=O)CC(=O)OC(C)(C)C. The van der Waals surface area contributed by atoms with Crippen molar-refractivity contribution in [3.05, 3.63) is 0 Å². The molecule has 0 heterocycles. The molecule has 0 rings (SSSR count). The number of carbonyl (C=O) groups is 1. The Kier molecular flexibility index (Phi) is 3.53. The molecule has 0 N–H and O–H groups in total. The minimum Gasteiger partial charge on any atom is -0.459 e. The van der Waals surface area contributed by atoms with Crippen LogP contribution in [0.4, 0.5) is 0 Å². The summed E-state index contributed by atoms with van der Waals surface area (Å²) in [5.74, 6) is -0.450. The third-order valence-corrected chi connectivity index (χ3v) is 1.34. The molecule has 0 radical (unpaired) electrons. The summed E-state index contributed by atoms with van der Waals surface area (Å²) in [6.07, 6.45) is 3.13. The maximum absolute atomic E-state index is 10.8. The summed E-state index contributed by atoms with van der Waals surface area (Å²) in [5, 5.41) is 0. The van der Waals surface area contributed by atoms with Crippen LogP contribution in [0.5, 0.6) is 0 Å². The molecule has 0 aromatic rings. The lowest BCUT2D eigenvalue weighted by atomic mass is 10.2. The van der Waals surface area contributed by atoms with Crippen LogP contribution in [-0.4, -0.2) is 24.0 Å². The Morgan fingerprint density at radius 3 is 2.27 bits per heavy atom. The molecule has 64 valence electrons. The van der Waals surface area contributed by atoms with Crippen molar-refractivity contribution in [1.29, 1.82) is 0 Å². The summed E-state index contributed by atoms with van der Waals surface area (Å²) in [7, 11) is -1.67. The molecule has 0 saturated carbocycles. The molecule has 11 heavy (non-hydrogen) atoms. The van der Waals surface area contributed by atoms with Crippen molar-refractivity contribution in [2.75, 3.05) is 6.16 Å². The van der Waals surface area contributed by atoms with E-state index in [4.69, 9.17) is 4.74 Å². The zero-order valence-corrected chi connectivity index (χ0v) is 7.98. The van der Waals surface area contributed by atoms with E-state index in [1.807, 2.05) is 0 Å². The largest absolute Gasteiger partial charge is 0.459 e. The second-order valence-electron chi connectivity index (χ2n) is 3.23. The van der Waals surface area contributed by atoms with Crippen LogP contribution >= 0.6 is 7.42 Å². The van der Waals surface area contributed by atoms with Crippen LogP contribution < -0.4 is 0 Å². The van der Waals surface area contributed by atoms with Gasteiger partial charge in [0.25, 0.3) is 0 Å². The predicted octanol–water partition coefficient (Wildman–Crippen LogP) is 1.59. The van der Waals surface area contributed by atoms with Gasteiger partial charge in [-0.15, -0.1) is 0 Å². The zero-order chi connectivity index (χ0) is 9.07. The minimum absolute atomic E-state index is 0.0907. The minimum atomic E-state index is -1.67. The molecular formula is C7H13O3P. The van der Waals surface area contributed by atoms with Gasteiger partial charge in [-0.1, -0.05) is 0 Å². The normalized spacial score (nSPS) is 12.5. The standard InChI is InChI=1S/C7H13O3P/c1-7(2,3)10-6(8)5-11(4)9/h4-5H2,1-3H3. The van der Waals surface area contributed by atoms with Crippen LogP contribution in [0.25, 0.3) is 0 Å². The van der Waals surface area contributed by atoms with E-state index < -0.39 is 19.0 Å². The van der Waals surface area contributed by atoms with Crippen LogP contribution in [0.2, 0.25) is 0 Å². The topological polar surface area (TPSA) is 43.4 Å². The summed E-state index contributed by atoms with van der Waals surface area (Å²) >= 11 is 0. The van der Waals surface area contributed by atoms with E-state index >= 15 is 0 Å². The van der Waals surface area contributed by atoms with Gasteiger partial charge in [-0.3, -0.25) is 9.36 Å². The van der Waals surface area contributed by atoms with Crippen molar-refractivity contribution in [2.24, 2.45) is 0 Å². The van der Waals surface area contributed by atoms with Gasteiger partial charge in [-0.05, 0) is 27.1 Å². The van der Waals surface area contributed by atoms with Gasteiger partial charge in [-0.25, -0.2) is 0 Å². The van der Waals surface area contributed by atoms with Crippen molar-refractivity contribution < 1.29 is 14.1 Å². The molecule has 0 aromatic carbocycles. The van der Waals surface area contributed by atoms with E-state index in [-0.39, 0.29) is 6.16 Å². The molecule has 0 aromatic heterocycles. The van der Waals surface area contributed by atoms with Crippen molar-refractivity contribution in [3.63, 3.8) is 0 Å². The fourth-order valence-electron chi connectivity index (χ4n) is 0.518. The molecule has 3 nitrogen and oxygen atoms in total.